The lowest BCUT2D eigenvalue weighted by atomic mass is 10.2. The van der Waals surface area contributed by atoms with Crippen molar-refractivity contribution in [1.29, 1.82) is 0 Å². The van der Waals surface area contributed by atoms with E-state index in [-0.39, 0.29) is 23.2 Å². The van der Waals surface area contributed by atoms with Gasteiger partial charge in [0.2, 0.25) is 10.0 Å². The Hall–Kier alpha value is -1.68. The lowest BCUT2D eigenvalue weighted by molar-refractivity contribution is 0.0686. The Kier molecular flexibility index (Phi) is 5.25. The molecule has 0 fully saturated rings. The van der Waals surface area contributed by atoms with Crippen LogP contribution in [0, 0.1) is 0 Å². The molecule has 2 aromatic heterocycles. The molecular formula is C14H19N3O4S2. The van der Waals surface area contributed by atoms with E-state index in [2.05, 4.69) is 4.72 Å². The lowest BCUT2D eigenvalue weighted by Gasteiger charge is -2.23. The number of hydrogen-bond donors (Lipinski definition) is 2. The zero-order chi connectivity index (χ0) is 17.2. The highest BCUT2D eigenvalue weighted by Crippen LogP contribution is 2.23. The highest BCUT2D eigenvalue weighted by atomic mass is 32.2. The first kappa shape index (κ1) is 17.7. The molecule has 0 aliphatic rings. The number of hydrogen-bond acceptors (Lipinski definition) is 5. The fraction of sp³-hybridized carbons (Fsp3) is 0.357. The van der Waals surface area contributed by atoms with E-state index in [0.29, 0.717) is 0 Å². The first-order chi connectivity index (χ1) is 10.7. The Bertz CT molecular complexity index is 779. The van der Waals surface area contributed by atoms with E-state index in [9.17, 15) is 13.2 Å². The molecule has 1 atom stereocenters. The average Bonchev–Trinajstić information content (AvgIpc) is 3.08. The molecule has 0 spiro atoms. The molecule has 0 aliphatic carbocycles. The van der Waals surface area contributed by atoms with Crippen LogP contribution >= 0.6 is 11.3 Å². The molecule has 2 rings (SSSR count). The van der Waals surface area contributed by atoms with Gasteiger partial charge in [0, 0.05) is 24.7 Å². The largest absolute Gasteiger partial charge is 0.477 e. The van der Waals surface area contributed by atoms with Gasteiger partial charge in [0.15, 0.2) is 0 Å². The molecule has 0 aliphatic heterocycles. The van der Waals surface area contributed by atoms with Gasteiger partial charge in [-0.15, -0.1) is 11.3 Å². The van der Waals surface area contributed by atoms with Crippen LogP contribution in [0.25, 0.3) is 0 Å². The van der Waals surface area contributed by atoms with Gasteiger partial charge in [-0.25, -0.2) is 17.9 Å². The first-order valence-corrected chi connectivity index (χ1v) is 9.18. The number of nitrogens with zero attached hydrogens (tertiary/aromatic N) is 2. The zero-order valence-corrected chi connectivity index (χ0v) is 14.7. The molecule has 0 radical (unpaired) electrons. The maximum absolute atomic E-state index is 12.4. The van der Waals surface area contributed by atoms with Crippen LogP contribution < -0.4 is 4.72 Å². The van der Waals surface area contributed by atoms with Crippen molar-refractivity contribution < 1.29 is 18.3 Å². The van der Waals surface area contributed by atoms with Crippen LogP contribution in [-0.4, -0.2) is 49.6 Å². The Labute approximate surface area is 139 Å². The van der Waals surface area contributed by atoms with Crippen molar-refractivity contribution >= 4 is 27.3 Å². The van der Waals surface area contributed by atoms with Crippen LogP contribution in [0.2, 0.25) is 0 Å². The minimum atomic E-state index is -3.77. The van der Waals surface area contributed by atoms with Crippen molar-refractivity contribution in [2.45, 2.75) is 10.9 Å². The first-order valence-electron chi connectivity index (χ1n) is 6.81. The van der Waals surface area contributed by atoms with Crippen molar-refractivity contribution in [3.8, 4) is 0 Å². The number of carbonyl (C=O) groups is 1. The number of nitrogens with one attached hydrogen (secondary N) is 1. The third kappa shape index (κ3) is 3.99. The summed E-state index contributed by atoms with van der Waals surface area (Å²) in [6.07, 6.45) is 1.29. The van der Waals surface area contributed by atoms with E-state index in [1.54, 1.807) is 11.3 Å². The summed E-state index contributed by atoms with van der Waals surface area (Å²) in [4.78, 5) is 14.0. The molecule has 23 heavy (non-hydrogen) atoms. The van der Waals surface area contributed by atoms with Gasteiger partial charge in [-0.05, 0) is 31.6 Å². The molecule has 7 nitrogen and oxygen atoms in total. The minimum absolute atomic E-state index is 0.0546. The molecule has 1 unspecified atom stereocenters. The minimum Gasteiger partial charge on any atom is -0.477 e. The molecule has 0 saturated carbocycles. The summed E-state index contributed by atoms with van der Waals surface area (Å²) in [6, 6.07) is 4.93. The second-order valence-electron chi connectivity index (χ2n) is 5.32. The number of carboxylic acids is 1. The van der Waals surface area contributed by atoms with Gasteiger partial charge in [-0.2, -0.15) is 0 Å². The van der Waals surface area contributed by atoms with Crippen molar-refractivity contribution in [3.05, 3.63) is 40.3 Å². The number of thiophene rings is 1. The second kappa shape index (κ2) is 6.83. The van der Waals surface area contributed by atoms with Crippen molar-refractivity contribution in [1.82, 2.24) is 14.2 Å². The predicted octanol–water partition coefficient (Wildman–Crippen LogP) is 1.37. The smallest absolute Gasteiger partial charge is 0.352 e. The summed E-state index contributed by atoms with van der Waals surface area (Å²) in [5.74, 6) is -1.17. The van der Waals surface area contributed by atoms with Crippen LogP contribution in [-0.2, 0) is 17.1 Å². The molecule has 2 N–H and O–H groups in total. The number of aromatic carboxylic acids is 1. The molecule has 9 heteroatoms. The Balaban J connectivity index is 2.18. The summed E-state index contributed by atoms with van der Waals surface area (Å²) in [6.45, 7) is 0.202. The summed E-state index contributed by atoms with van der Waals surface area (Å²) in [5, 5.41) is 11.0. The van der Waals surface area contributed by atoms with Gasteiger partial charge in [0.05, 0.1) is 6.04 Å². The van der Waals surface area contributed by atoms with E-state index in [1.807, 2.05) is 36.5 Å². The summed E-state index contributed by atoms with van der Waals surface area (Å²) in [7, 11) is 1.48. The number of aromatic nitrogens is 1. The van der Waals surface area contributed by atoms with Crippen molar-refractivity contribution in [2.24, 2.45) is 7.05 Å². The molecule has 0 bridgehead atoms. The van der Waals surface area contributed by atoms with Crippen LogP contribution in [0.5, 0.6) is 0 Å². The van der Waals surface area contributed by atoms with Crippen LogP contribution in [0.4, 0.5) is 0 Å². The maximum atomic E-state index is 12.4. The number of aryl methyl sites for hydroxylation is 1. The highest BCUT2D eigenvalue weighted by molar-refractivity contribution is 7.89. The standard InChI is InChI=1S/C14H19N3O4S2/c1-16(2)12(13-5-4-6-22-13)8-15-23(20,21)10-7-11(14(18)19)17(3)9-10/h4-7,9,12,15H,8H2,1-3H3,(H,18,19). The quantitative estimate of drug-likeness (QED) is 0.781. The van der Waals surface area contributed by atoms with E-state index in [0.717, 1.165) is 10.9 Å². The Morgan fingerprint density at radius 2 is 2.17 bits per heavy atom. The lowest BCUT2D eigenvalue weighted by Crippen LogP contribution is -2.34. The topological polar surface area (TPSA) is 91.6 Å². The fourth-order valence-corrected chi connectivity index (χ4v) is 4.21. The predicted molar refractivity (Wildman–Crippen MR) is 88.3 cm³/mol. The SMILES string of the molecule is CN(C)C(CNS(=O)(=O)c1cc(C(=O)O)n(C)c1)c1cccs1. The summed E-state index contributed by atoms with van der Waals surface area (Å²) < 4.78 is 28.6. The van der Waals surface area contributed by atoms with Gasteiger partial charge < -0.3 is 14.6 Å². The number of likely N-dealkylation sites (N-methyl/N-ethyl adjacent to an activating group) is 1. The van der Waals surface area contributed by atoms with Crippen LogP contribution in [0.15, 0.2) is 34.7 Å². The van der Waals surface area contributed by atoms with Gasteiger partial charge in [0.25, 0.3) is 0 Å². The van der Waals surface area contributed by atoms with Crippen LogP contribution in [0.3, 0.4) is 0 Å². The zero-order valence-electron chi connectivity index (χ0n) is 13.1. The Morgan fingerprint density at radius 3 is 2.65 bits per heavy atom. The third-order valence-corrected chi connectivity index (χ3v) is 5.84. The van der Waals surface area contributed by atoms with E-state index in [4.69, 9.17) is 5.11 Å². The Morgan fingerprint density at radius 1 is 1.48 bits per heavy atom. The van der Waals surface area contributed by atoms with Gasteiger partial charge in [-0.1, -0.05) is 6.07 Å². The second-order valence-corrected chi connectivity index (χ2v) is 8.07. The van der Waals surface area contributed by atoms with Crippen molar-refractivity contribution in [2.75, 3.05) is 20.6 Å². The molecule has 2 aromatic rings. The van der Waals surface area contributed by atoms with E-state index >= 15 is 0 Å². The highest BCUT2D eigenvalue weighted by Gasteiger charge is 2.23. The van der Waals surface area contributed by atoms with Gasteiger partial charge in [-0.3, -0.25) is 0 Å². The summed E-state index contributed by atoms with van der Waals surface area (Å²) in [5.41, 5.74) is -0.0761. The molecule has 0 amide bonds. The average molecular weight is 357 g/mol. The number of carboxylic acid groups (broad SMARTS) is 1. The molecule has 0 saturated heterocycles. The van der Waals surface area contributed by atoms with E-state index < -0.39 is 16.0 Å². The monoisotopic (exact) mass is 357 g/mol. The number of sulfonamides is 1. The molecule has 0 aromatic carbocycles. The van der Waals surface area contributed by atoms with Crippen LogP contribution in [0.1, 0.15) is 21.4 Å². The normalized spacial score (nSPS) is 13.4. The third-order valence-electron chi connectivity index (χ3n) is 3.47. The van der Waals surface area contributed by atoms with Crippen molar-refractivity contribution in [3.63, 3.8) is 0 Å². The van der Waals surface area contributed by atoms with E-state index in [1.165, 1.54) is 17.8 Å². The maximum Gasteiger partial charge on any atom is 0.352 e. The fourth-order valence-electron chi connectivity index (χ4n) is 2.18. The number of rotatable bonds is 7. The van der Waals surface area contributed by atoms with Gasteiger partial charge in [0.1, 0.15) is 10.6 Å². The summed E-state index contributed by atoms with van der Waals surface area (Å²) >= 11 is 1.56. The molecule has 2 heterocycles. The molecular weight excluding hydrogens is 338 g/mol. The van der Waals surface area contributed by atoms with Gasteiger partial charge >= 0.3 is 5.97 Å². The molecule has 126 valence electrons.